The largest absolute Gasteiger partial charge is 0.411 e. The second-order valence-corrected chi connectivity index (χ2v) is 6.16. The molecule has 0 aromatic carbocycles. The lowest BCUT2D eigenvalue weighted by atomic mass is 10.2. The molecule has 0 atom stereocenters. The molecule has 1 saturated carbocycles. The van der Waals surface area contributed by atoms with Gasteiger partial charge in [-0.05, 0) is 25.8 Å². The number of fused-ring (bicyclic) bond motifs is 1. The number of rotatable bonds is 3. The topological polar surface area (TPSA) is 49.8 Å². The zero-order valence-electron chi connectivity index (χ0n) is 10.9. The predicted molar refractivity (Wildman–Crippen MR) is 73.3 cm³/mol. The number of hydrogen-bond acceptors (Lipinski definition) is 5. The highest BCUT2D eigenvalue weighted by molar-refractivity contribution is 7.18. The Kier molecular flexibility index (Phi) is 2.82. The van der Waals surface area contributed by atoms with Crippen LogP contribution in [-0.4, -0.2) is 28.7 Å². The van der Waals surface area contributed by atoms with Crippen molar-refractivity contribution in [1.29, 1.82) is 0 Å². The van der Waals surface area contributed by atoms with Gasteiger partial charge < -0.3 is 10.6 Å². The highest BCUT2D eigenvalue weighted by Crippen LogP contribution is 2.51. The lowest BCUT2D eigenvalue weighted by molar-refractivity contribution is -0.151. The van der Waals surface area contributed by atoms with E-state index < -0.39 is 11.7 Å². The maximum absolute atomic E-state index is 13.1. The van der Waals surface area contributed by atoms with Crippen molar-refractivity contribution in [3.63, 3.8) is 0 Å². The normalized spacial score (nSPS) is 17.2. The third-order valence-electron chi connectivity index (χ3n) is 3.39. The first-order chi connectivity index (χ1) is 9.34. The van der Waals surface area contributed by atoms with Gasteiger partial charge in [-0.15, -0.1) is 11.3 Å². The molecule has 2 heterocycles. The van der Waals surface area contributed by atoms with Gasteiger partial charge in [-0.3, -0.25) is 0 Å². The van der Waals surface area contributed by atoms with Crippen LogP contribution in [0.25, 0.3) is 10.2 Å². The molecule has 2 aromatic rings. The van der Waals surface area contributed by atoms with Crippen molar-refractivity contribution in [2.45, 2.75) is 31.5 Å². The van der Waals surface area contributed by atoms with Crippen LogP contribution in [0.1, 0.15) is 17.7 Å². The number of thiophene rings is 1. The summed E-state index contributed by atoms with van der Waals surface area (Å²) in [5.74, 6) is 0.568. The number of nitrogens with zero attached hydrogens (tertiary/aromatic N) is 2. The summed E-state index contributed by atoms with van der Waals surface area (Å²) < 4.78 is 39.2. The molecule has 108 valence electrons. The molecule has 1 aliphatic rings. The highest BCUT2D eigenvalue weighted by Gasteiger charge is 2.63. The van der Waals surface area contributed by atoms with Gasteiger partial charge >= 0.3 is 6.18 Å². The molecule has 1 fully saturated rings. The minimum atomic E-state index is -4.27. The average Bonchev–Trinajstić information content (AvgIpc) is 3.04. The van der Waals surface area contributed by atoms with E-state index in [9.17, 15) is 13.2 Å². The predicted octanol–water partition coefficient (Wildman–Crippen LogP) is 3.55. The van der Waals surface area contributed by atoms with Gasteiger partial charge in [0, 0.05) is 11.9 Å². The number of aromatic nitrogens is 2. The van der Waals surface area contributed by atoms with Gasteiger partial charge in [0.25, 0.3) is 0 Å². The van der Waals surface area contributed by atoms with Crippen LogP contribution in [0, 0.1) is 6.92 Å². The number of nitrogens with one attached hydrogen (secondary N) is 2. The first kappa shape index (κ1) is 13.4. The summed E-state index contributed by atoms with van der Waals surface area (Å²) in [7, 11) is 1.64. The molecule has 0 unspecified atom stereocenters. The van der Waals surface area contributed by atoms with Crippen LogP contribution in [-0.2, 0) is 0 Å². The number of alkyl halides is 3. The Morgan fingerprint density at radius 3 is 2.55 bits per heavy atom. The van der Waals surface area contributed by atoms with E-state index >= 15 is 0 Å². The lowest BCUT2D eigenvalue weighted by Crippen LogP contribution is -2.39. The third-order valence-corrected chi connectivity index (χ3v) is 4.33. The summed E-state index contributed by atoms with van der Waals surface area (Å²) in [6.45, 7) is 1.89. The molecule has 0 aliphatic heterocycles. The van der Waals surface area contributed by atoms with Crippen molar-refractivity contribution < 1.29 is 13.2 Å². The van der Waals surface area contributed by atoms with Crippen LogP contribution in [0.2, 0.25) is 0 Å². The van der Waals surface area contributed by atoms with Crippen molar-refractivity contribution in [1.82, 2.24) is 9.97 Å². The van der Waals surface area contributed by atoms with E-state index in [2.05, 4.69) is 20.6 Å². The van der Waals surface area contributed by atoms with Crippen molar-refractivity contribution in [3.8, 4) is 0 Å². The Balaban J connectivity index is 2.06. The molecular formula is C12H13F3N4S. The van der Waals surface area contributed by atoms with Crippen LogP contribution >= 0.6 is 11.3 Å². The molecule has 2 N–H and O–H groups in total. The van der Waals surface area contributed by atoms with Gasteiger partial charge in [0.2, 0.25) is 5.95 Å². The Hall–Kier alpha value is -1.57. The molecule has 20 heavy (non-hydrogen) atoms. The molecular weight excluding hydrogens is 289 g/mol. The Morgan fingerprint density at radius 2 is 2.00 bits per heavy atom. The minimum Gasteiger partial charge on any atom is -0.357 e. The maximum atomic E-state index is 13.1. The quantitative estimate of drug-likeness (QED) is 0.910. The lowest BCUT2D eigenvalue weighted by Gasteiger charge is -2.21. The van der Waals surface area contributed by atoms with Gasteiger partial charge in [0.05, 0.1) is 5.39 Å². The van der Waals surface area contributed by atoms with Gasteiger partial charge in [0.1, 0.15) is 16.2 Å². The van der Waals surface area contributed by atoms with E-state index in [-0.39, 0.29) is 18.7 Å². The van der Waals surface area contributed by atoms with Gasteiger partial charge in [-0.2, -0.15) is 18.2 Å². The molecule has 0 radical (unpaired) electrons. The van der Waals surface area contributed by atoms with Gasteiger partial charge in [0.15, 0.2) is 0 Å². The van der Waals surface area contributed by atoms with Crippen LogP contribution in [0.3, 0.4) is 0 Å². The van der Waals surface area contributed by atoms with Crippen LogP contribution in [0.4, 0.5) is 24.9 Å². The van der Waals surface area contributed by atoms with E-state index in [0.29, 0.717) is 16.2 Å². The molecule has 8 heteroatoms. The molecule has 2 aromatic heterocycles. The Morgan fingerprint density at radius 1 is 1.30 bits per heavy atom. The van der Waals surface area contributed by atoms with Crippen LogP contribution < -0.4 is 10.6 Å². The SMILES string of the molecule is CNc1nc(NC2(C(F)(F)F)CC2)c2cc(C)sc2n1. The van der Waals surface area contributed by atoms with Crippen molar-refractivity contribution in [2.75, 3.05) is 17.7 Å². The van der Waals surface area contributed by atoms with Crippen molar-refractivity contribution in [3.05, 3.63) is 10.9 Å². The molecule has 0 amide bonds. The maximum Gasteiger partial charge on any atom is 0.411 e. The first-order valence-corrected chi connectivity index (χ1v) is 6.97. The molecule has 4 nitrogen and oxygen atoms in total. The monoisotopic (exact) mass is 302 g/mol. The zero-order chi connectivity index (χ0) is 14.5. The standard InChI is InChI=1S/C12H13F3N4S/c1-6-5-7-8(17-10(16-2)18-9(7)20-6)19-11(3-4-11)12(13,14)15/h5H,3-4H2,1-2H3,(H2,16,17,18,19). The number of anilines is 2. The number of aryl methyl sites for hydroxylation is 1. The molecule has 1 aliphatic carbocycles. The van der Waals surface area contributed by atoms with Crippen LogP contribution in [0.15, 0.2) is 6.07 Å². The summed E-state index contributed by atoms with van der Waals surface area (Å²) in [5, 5.41) is 6.01. The molecule has 0 spiro atoms. The van der Waals surface area contributed by atoms with Crippen LogP contribution in [0.5, 0.6) is 0 Å². The van der Waals surface area contributed by atoms with Crippen molar-refractivity contribution in [2.24, 2.45) is 0 Å². The third kappa shape index (κ3) is 2.07. The first-order valence-electron chi connectivity index (χ1n) is 6.15. The molecule has 0 saturated heterocycles. The van der Waals surface area contributed by atoms with E-state index in [0.717, 1.165) is 4.88 Å². The minimum absolute atomic E-state index is 0.0833. The van der Waals surface area contributed by atoms with E-state index in [4.69, 9.17) is 0 Å². The summed E-state index contributed by atoms with van der Waals surface area (Å²) in [4.78, 5) is 10.1. The average molecular weight is 302 g/mol. The number of hydrogen-bond donors (Lipinski definition) is 2. The van der Waals surface area contributed by atoms with E-state index in [1.807, 2.05) is 13.0 Å². The fraction of sp³-hybridized carbons (Fsp3) is 0.500. The second kappa shape index (κ2) is 4.21. The fourth-order valence-electron chi connectivity index (χ4n) is 2.08. The molecule has 3 rings (SSSR count). The van der Waals surface area contributed by atoms with Gasteiger partial charge in [-0.1, -0.05) is 0 Å². The Labute approximate surface area is 117 Å². The van der Waals surface area contributed by atoms with E-state index in [1.54, 1.807) is 7.05 Å². The van der Waals surface area contributed by atoms with E-state index in [1.165, 1.54) is 11.3 Å². The second-order valence-electron chi connectivity index (χ2n) is 4.93. The number of halogens is 3. The fourth-order valence-corrected chi connectivity index (χ4v) is 2.96. The summed E-state index contributed by atoms with van der Waals surface area (Å²) >= 11 is 1.44. The highest BCUT2D eigenvalue weighted by atomic mass is 32.1. The summed E-state index contributed by atoms with van der Waals surface area (Å²) in [6.07, 6.45) is -4.10. The molecule has 0 bridgehead atoms. The zero-order valence-corrected chi connectivity index (χ0v) is 11.7. The smallest absolute Gasteiger partial charge is 0.357 e. The van der Waals surface area contributed by atoms with Gasteiger partial charge in [-0.25, -0.2) is 4.98 Å². The summed E-state index contributed by atoms with van der Waals surface area (Å²) in [5.41, 5.74) is -1.82. The van der Waals surface area contributed by atoms with Crippen molar-refractivity contribution >= 4 is 33.3 Å². The Bertz CT molecular complexity index is 661. The summed E-state index contributed by atoms with van der Waals surface area (Å²) in [6, 6.07) is 1.81.